The lowest BCUT2D eigenvalue weighted by atomic mass is 10.0. The van der Waals surface area contributed by atoms with Crippen LogP contribution in [-0.4, -0.2) is 85.0 Å². The number of aliphatic hydroxyl groups excluding tert-OH is 1. The number of carbonyl (C=O) groups is 4. The molecule has 2 aromatic rings. The molecular weight excluding hydrogens is 492 g/mol. The summed E-state index contributed by atoms with van der Waals surface area (Å²) in [5.74, 6) is -3.77. The van der Waals surface area contributed by atoms with Crippen LogP contribution in [0.15, 0.2) is 36.8 Å². The lowest BCUT2D eigenvalue weighted by Gasteiger charge is -2.25. The second-order valence-electron chi connectivity index (χ2n) is 8.12. The summed E-state index contributed by atoms with van der Waals surface area (Å²) < 4.78 is 0. The number of carboxylic acids is 1. The third-order valence-corrected chi connectivity index (χ3v) is 5.61. The molecule has 5 unspecified atom stereocenters. The number of phenols is 1. The van der Waals surface area contributed by atoms with Gasteiger partial charge < -0.3 is 42.0 Å². The Hall–Kier alpha value is -3.62. The first-order valence-electron chi connectivity index (χ1n) is 10.9. The normalized spacial score (nSPS) is 15.1. The summed E-state index contributed by atoms with van der Waals surface area (Å²) in [6.45, 7) is 1.32. The maximum atomic E-state index is 13.1. The number of hydrogen-bond donors (Lipinski definition) is 9. The van der Waals surface area contributed by atoms with Gasteiger partial charge in [-0.1, -0.05) is 12.1 Å². The van der Waals surface area contributed by atoms with E-state index in [0.717, 1.165) is 0 Å². The minimum absolute atomic E-state index is 0.00147. The van der Waals surface area contributed by atoms with Crippen molar-refractivity contribution in [2.75, 3.05) is 5.75 Å². The number of rotatable bonds is 13. The lowest BCUT2D eigenvalue weighted by molar-refractivity contribution is -0.142. The molecule has 5 atom stereocenters. The van der Waals surface area contributed by atoms with Crippen molar-refractivity contribution in [2.45, 2.75) is 50.0 Å². The third-order valence-electron chi connectivity index (χ3n) is 5.24. The number of nitrogens with one attached hydrogen (secondary N) is 4. The van der Waals surface area contributed by atoms with Crippen molar-refractivity contribution in [1.29, 1.82) is 0 Å². The van der Waals surface area contributed by atoms with Gasteiger partial charge in [-0.15, -0.1) is 0 Å². The topological polar surface area (TPSA) is 220 Å². The molecule has 0 aliphatic heterocycles. The molecule has 0 radical (unpaired) electrons. The van der Waals surface area contributed by atoms with E-state index in [1.807, 2.05) is 0 Å². The predicted octanol–water partition coefficient (Wildman–Crippen LogP) is -1.92. The Morgan fingerprint density at radius 1 is 1.00 bits per heavy atom. The first-order valence-corrected chi connectivity index (χ1v) is 11.6. The highest BCUT2D eigenvalue weighted by atomic mass is 32.1. The van der Waals surface area contributed by atoms with Crippen molar-refractivity contribution in [3.63, 3.8) is 0 Å². The largest absolute Gasteiger partial charge is 0.508 e. The number of H-pyrrole nitrogens is 1. The number of aromatic hydroxyl groups is 1. The maximum Gasteiger partial charge on any atom is 0.326 e. The molecule has 0 aliphatic rings. The van der Waals surface area contributed by atoms with Crippen LogP contribution in [0.25, 0.3) is 0 Å². The molecule has 196 valence electrons. The summed E-state index contributed by atoms with van der Waals surface area (Å²) in [4.78, 5) is 56.5. The number of aliphatic carboxylic acids is 1. The zero-order valence-corrected chi connectivity index (χ0v) is 20.3. The van der Waals surface area contributed by atoms with Crippen LogP contribution in [0, 0.1) is 0 Å². The number of hydrogen-bond acceptors (Lipinski definition) is 9. The zero-order chi connectivity index (χ0) is 26.8. The molecule has 2 rings (SSSR count). The van der Waals surface area contributed by atoms with Crippen LogP contribution < -0.4 is 21.7 Å². The van der Waals surface area contributed by atoms with Crippen LogP contribution in [0.4, 0.5) is 0 Å². The number of nitrogens with two attached hydrogens (primary N) is 1. The number of phenolic OH excluding ortho intramolecular Hbond substituents is 1. The van der Waals surface area contributed by atoms with Gasteiger partial charge in [-0.3, -0.25) is 14.4 Å². The maximum absolute atomic E-state index is 13.1. The summed E-state index contributed by atoms with van der Waals surface area (Å²) >= 11 is 4.07. The first-order chi connectivity index (χ1) is 17.0. The lowest BCUT2D eigenvalue weighted by Crippen LogP contribution is -2.59. The Labute approximate surface area is 212 Å². The first kappa shape index (κ1) is 28.6. The van der Waals surface area contributed by atoms with Gasteiger partial charge in [0.2, 0.25) is 17.7 Å². The Kier molecular flexibility index (Phi) is 10.7. The number of aromatic nitrogens is 2. The van der Waals surface area contributed by atoms with Gasteiger partial charge in [0.1, 0.15) is 29.9 Å². The van der Waals surface area contributed by atoms with Crippen LogP contribution in [0.5, 0.6) is 5.75 Å². The second-order valence-corrected chi connectivity index (χ2v) is 8.49. The summed E-state index contributed by atoms with van der Waals surface area (Å²) in [5.41, 5.74) is 6.65. The summed E-state index contributed by atoms with van der Waals surface area (Å²) in [5, 5.41) is 35.9. The average Bonchev–Trinajstić information content (AvgIpc) is 3.35. The van der Waals surface area contributed by atoms with E-state index in [0.29, 0.717) is 11.3 Å². The van der Waals surface area contributed by atoms with Crippen LogP contribution in [0.3, 0.4) is 0 Å². The molecule has 3 amide bonds. The van der Waals surface area contributed by atoms with E-state index in [-0.39, 0.29) is 24.3 Å². The fraction of sp³-hybridized carbons (Fsp3) is 0.409. The van der Waals surface area contributed by atoms with Gasteiger partial charge in [0, 0.05) is 30.5 Å². The van der Waals surface area contributed by atoms with Crippen molar-refractivity contribution in [3.05, 3.63) is 48.0 Å². The van der Waals surface area contributed by atoms with E-state index >= 15 is 0 Å². The molecular formula is C22H30N6O7S. The zero-order valence-electron chi connectivity index (χ0n) is 19.4. The quantitative estimate of drug-likeness (QED) is 0.134. The number of imidazole rings is 1. The molecule has 0 spiro atoms. The summed E-state index contributed by atoms with van der Waals surface area (Å²) in [7, 11) is 0. The van der Waals surface area contributed by atoms with Gasteiger partial charge in [0.05, 0.1) is 12.4 Å². The van der Waals surface area contributed by atoms with Gasteiger partial charge in [0.25, 0.3) is 0 Å². The number of nitrogens with zero attached hydrogens (tertiary/aromatic N) is 1. The van der Waals surface area contributed by atoms with Crippen molar-refractivity contribution in [2.24, 2.45) is 5.73 Å². The molecule has 9 N–H and O–H groups in total. The van der Waals surface area contributed by atoms with Gasteiger partial charge in [-0.25, -0.2) is 9.78 Å². The standard InChI is InChI=1S/C22H30N6O7S/c1-11(29)18(23)21(33)28-17(9-36)20(32)26-15(6-12-2-4-14(30)5-3-12)19(31)27-16(22(34)35)7-13-8-24-10-25-13/h2-5,8,10-11,15-18,29-30,36H,6-7,9,23H2,1H3,(H,24,25)(H,26,32)(H,27,31)(H,28,33)(H,34,35). The molecule has 13 nitrogen and oxygen atoms in total. The Balaban J connectivity index is 2.20. The van der Waals surface area contributed by atoms with Gasteiger partial charge in [-0.2, -0.15) is 12.6 Å². The van der Waals surface area contributed by atoms with Crippen molar-refractivity contribution in [3.8, 4) is 5.75 Å². The number of aliphatic hydroxyl groups is 1. The van der Waals surface area contributed by atoms with Crippen LogP contribution in [-0.2, 0) is 32.0 Å². The molecule has 1 aromatic heterocycles. The minimum atomic E-state index is -1.32. The number of carboxylic acid groups (broad SMARTS) is 1. The highest BCUT2D eigenvalue weighted by Gasteiger charge is 2.31. The van der Waals surface area contributed by atoms with Crippen molar-refractivity contribution in [1.82, 2.24) is 25.9 Å². The van der Waals surface area contributed by atoms with E-state index in [9.17, 15) is 34.5 Å². The molecule has 14 heteroatoms. The van der Waals surface area contributed by atoms with Gasteiger partial charge >= 0.3 is 5.97 Å². The fourth-order valence-electron chi connectivity index (χ4n) is 3.12. The second kappa shape index (κ2) is 13.5. The number of aromatic amines is 1. The molecule has 0 saturated heterocycles. The SMILES string of the molecule is CC(O)C(N)C(=O)NC(CS)C(=O)NC(Cc1ccc(O)cc1)C(=O)NC(Cc1cnc[nH]1)C(=O)O. The monoisotopic (exact) mass is 522 g/mol. The highest BCUT2D eigenvalue weighted by Crippen LogP contribution is 2.12. The number of benzene rings is 1. The predicted molar refractivity (Wildman–Crippen MR) is 131 cm³/mol. The van der Waals surface area contributed by atoms with E-state index in [2.05, 4.69) is 38.5 Å². The van der Waals surface area contributed by atoms with E-state index in [4.69, 9.17) is 5.73 Å². The summed E-state index contributed by atoms with van der Waals surface area (Å²) in [6, 6.07) is 0.853. The fourth-order valence-corrected chi connectivity index (χ4v) is 3.38. The molecule has 1 aromatic carbocycles. The number of amides is 3. The van der Waals surface area contributed by atoms with Crippen molar-refractivity contribution >= 4 is 36.3 Å². The molecule has 1 heterocycles. The van der Waals surface area contributed by atoms with Gasteiger partial charge in [0.15, 0.2) is 0 Å². The molecule has 0 bridgehead atoms. The van der Waals surface area contributed by atoms with Crippen LogP contribution in [0.1, 0.15) is 18.2 Å². The third kappa shape index (κ3) is 8.55. The van der Waals surface area contributed by atoms with E-state index < -0.39 is 54.0 Å². The number of thiol groups is 1. The van der Waals surface area contributed by atoms with Crippen LogP contribution in [0.2, 0.25) is 0 Å². The molecule has 0 saturated carbocycles. The Bertz CT molecular complexity index is 1030. The number of carbonyl (C=O) groups excluding carboxylic acids is 3. The van der Waals surface area contributed by atoms with Gasteiger partial charge in [-0.05, 0) is 24.6 Å². The molecule has 0 aliphatic carbocycles. The Morgan fingerprint density at radius 2 is 1.58 bits per heavy atom. The van der Waals surface area contributed by atoms with Crippen molar-refractivity contribution < 1.29 is 34.5 Å². The average molecular weight is 523 g/mol. The van der Waals surface area contributed by atoms with E-state index in [1.165, 1.54) is 31.6 Å². The summed E-state index contributed by atoms with van der Waals surface area (Å²) in [6.07, 6.45) is 1.52. The molecule has 0 fully saturated rings. The minimum Gasteiger partial charge on any atom is -0.508 e. The molecule has 36 heavy (non-hydrogen) atoms. The Morgan fingerprint density at radius 3 is 2.11 bits per heavy atom. The van der Waals surface area contributed by atoms with E-state index in [1.54, 1.807) is 12.1 Å². The van der Waals surface area contributed by atoms with Crippen LogP contribution >= 0.6 is 12.6 Å². The highest BCUT2D eigenvalue weighted by molar-refractivity contribution is 7.80. The smallest absolute Gasteiger partial charge is 0.326 e.